The van der Waals surface area contributed by atoms with Crippen LogP contribution in [0.4, 0.5) is 0 Å². The topological polar surface area (TPSA) is 36.4 Å². The molecule has 4 aliphatic carbocycles. The van der Waals surface area contributed by atoms with E-state index in [1.165, 1.54) is 42.1 Å². The molecule has 2 N–H and O–H groups in total. The molecule has 23 heavy (non-hydrogen) atoms. The van der Waals surface area contributed by atoms with Crippen molar-refractivity contribution in [1.82, 2.24) is 10.7 Å². The van der Waals surface area contributed by atoms with Crippen molar-refractivity contribution in [3.05, 3.63) is 33.4 Å². The van der Waals surface area contributed by atoms with Gasteiger partial charge in [-0.15, -0.1) is 0 Å². The first-order valence-corrected chi connectivity index (χ1v) is 9.96. The molecular formula is C18H22IN3S. The van der Waals surface area contributed by atoms with Gasteiger partial charge in [0.1, 0.15) is 0 Å². The summed E-state index contributed by atoms with van der Waals surface area (Å²) in [6.45, 7) is 0. The first-order valence-electron chi connectivity index (χ1n) is 8.47. The van der Waals surface area contributed by atoms with Gasteiger partial charge in [0.15, 0.2) is 5.11 Å². The highest BCUT2D eigenvalue weighted by Crippen LogP contribution is 2.55. The predicted octanol–water partition coefficient (Wildman–Crippen LogP) is 4.06. The van der Waals surface area contributed by atoms with Crippen LogP contribution in [-0.4, -0.2) is 16.9 Å². The Kier molecular flexibility index (Phi) is 4.34. The van der Waals surface area contributed by atoms with Crippen molar-refractivity contribution in [1.29, 1.82) is 0 Å². The maximum atomic E-state index is 5.49. The Labute approximate surface area is 156 Å². The molecular weight excluding hydrogens is 417 g/mol. The van der Waals surface area contributed by atoms with E-state index in [4.69, 9.17) is 12.2 Å². The van der Waals surface area contributed by atoms with Crippen molar-refractivity contribution >= 4 is 46.1 Å². The zero-order valence-corrected chi connectivity index (χ0v) is 16.1. The fourth-order valence-electron chi connectivity index (χ4n) is 5.25. The Balaban J connectivity index is 1.34. The van der Waals surface area contributed by atoms with E-state index < -0.39 is 0 Å². The maximum absolute atomic E-state index is 5.49. The molecule has 3 nitrogen and oxygen atoms in total. The number of nitrogens with one attached hydrogen (secondary N) is 2. The van der Waals surface area contributed by atoms with Gasteiger partial charge in [-0.1, -0.05) is 12.1 Å². The monoisotopic (exact) mass is 439 g/mol. The number of hydrogen-bond acceptors (Lipinski definition) is 2. The summed E-state index contributed by atoms with van der Waals surface area (Å²) < 4.78 is 1.23. The summed E-state index contributed by atoms with van der Waals surface area (Å²) in [4.78, 5) is 0. The standard InChI is InChI=1S/C18H22IN3S/c19-16-3-1-12(2-4-16)11-20-22-17(23)21-18-8-13-5-14(9-18)7-15(6-13)10-18/h1-4,11,13-15H,5-10H2,(H2,21,22,23)/b20-11+. The van der Waals surface area contributed by atoms with Crippen molar-refractivity contribution < 1.29 is 0 Å². The Hall–Kier alpha value is -0.690. The molecule has 5 heteroatoms. The maximum Gasteiger partial charge on any atom is 0.187 e. The molecule has 0 amide bonds. The normalized spacial score (nSPS) is 34.7. The van der Waals surface area contributed by atoms with Crippen molar-refractivity contribution in [2.75, 3.05) is 0 Å². The van der Waals surface area contributed by atoms with E-state index in [0.717, 1.165) is 23.3 Å². The van der Waals surface area contributed by atoms with E-state index in [-0.39, 0.29) is 5.54 Å². The second kappa shape index (κ2) is 6.31. The second-order valence-electron chi connectivity index (χ2n) is 7.57. The molecule has 0 aromatic heterocycles. The van der Waals surface area contributed by atoms with Gasteiger partial charge in [0, 0.05) is 9.11 Å². The van der Waals surface area contributed by atoms with Crippen LogP contribution >= 0.6 is 34.8 Å². The molecule has 0 aliphatic heterocycles. The fourth-order valence-corrected chi connectivity index (χ4v) is 5.88. The number of thiocarbonyl (C=S) groups is 1. The second-order valence-corrected chi connectivity index (χ2v) is 9.23. The van der Waals surface area contributed by atoms with Gasteiger partial charge in [-0.2, -0.15) is 5.10 Å². The minimum absolute atomic E-state index is 0.247. The van der Waals surface area contributed by atoms with Gasteiger partial charge >= 0.3 is 0 Å². The third-order valence-electron chi connectivity index (χ3n) is 5.67. The SMILES string of the molecule is S=C(N/N=C/c1ccc(I)cc1)NC12CC3CC(CC(C3)C1)C2. The average Bonchev–Trinajstić information content (AvgIpc) is 2.47. The Morgan fingerprint density at radius 3 is 2.22 bits per heavy atom. The minimum Gasteiger partial charge on any atom is -0.356 e. The lowest BCUT2D eigenvalue weighted by Crippen LogP contribution is -2.61. The lowest BCUT2D eigenvalue weighted by molar-refractivity contribution is -0.0101. The zero-order chi connectivity index (χ0) is 15.9. The summed E-state index contributed by atoms with van der Waals surface area (Å²) in [6, 6.07) is 8.27. The molecule has 4 aliphatic rings. The number of hydrazone groups is 1. The highest BCUT2D eigenvalue weighted by atomic mass is 127. The van der Waals surface area contributed by atoms with Gasteiger partial charge in [-0.25, -0.2) is 0 Å². The molecule has 0 unspecified atom stereocenters. The van der Waals surface area contributed by atoms with E-state index in [9.17, 15) is 0 Å². The van der Waals surface area contributed by atoms with Crippen LogP contribution < -0.4 is 10.7 Å². The third kappa shape index (κ3) is 3.55. The molecule has 1 aromatic carbocycles. The summed E-state index contributed by atoms with van der Waals surface area (Å²) in [5, 5.41) is 8.59. The quantitative estimate of drug-likeness (QED) is 0.323. The Morgan fingerprint density at radius 1 is 1.09 bits per heavy atom. The zero-order valence-electron chi connectivity index (χ0n) is 13.1. The third-order valence-corrected chi connectivity index (χ3v) is 6.58. The van der Waals surface area contributed by atoms with E-state index >= 15 is 0 Å². The molecule has 5 rings (SSSR count). The highest BCUT2D eigenvalue weighted by Gasteiger charge is 2.51. The van der Waals surface area contributed by atoms with Crippen LogP contribution in [0, 0.1) is 21.3 Å². The van der Waals surface area contributed by atoms with Crippen molar-refractivity contribution in [3.8, 4) is 0 Å². The summed E-state index contributed by atoms with van der Waals surface area (Å²) in [5.41, 5.74) is 4.34. The minimum atomic E-state index is 0.247. The molecule has 4 bridgehead atoms. The van der Waals surface area contributed by atoms with Gasteiger partial charge in [0.05, 0.1) is 6.21 Å². The molecule has 0 radical (unpaired) electrons. The Morgan fingerprint density at radius 2 is 1.65 bits per heavy atom. The molecule has 0 saturated heterocycles. The first-order chi connectivity index (χ1) is 11.1. The molecule has 4 saturated carbocycles. The van der Waals surface area contributed by atoms with Gasteiger partial charge in [0.25, 0.3) is 0 Å². The van der Waals surface area contributed by atoms with E-state index in [0.29, 0.717) is 5.11 Å². The summed E-state index contributed by atoms with van der Waals surface area (Å²) >= 11 is 7.79. The van der Waals surface area contributed by atoms with E-state index in [2.05, 4.69) is 62.7 Å². The fraction of sp³-hybridized carbons (Fsp3) is 0.556. The molecule has 4 fully saturated rings. The van der Waals surface area contributed by atoms with Gasteiger partial charge in [0.2, 0.25) is 0 Å². The summed E-state index contributed by atoms with van der Waals surface area (Å²) in [7, 11) is 0. The molecule has 0 atom stereocenters. The lowest BCUT2D eigenvalue weighted by atomic mass is 9.53. The number of nitrogens with zero attached hydrogens (tertiary/aromatic N) is 1. The van der Waals surface area contributed by atoms with Crippen molar-refractivity contribution in [3.63, 3.8) is 0 Å². The van der Waals surface area contributed by atoms with Crippen LogP contribution in [0.5, 0.6) is 0 Å². The lowest BCUT2D eigenvalue weighted by Gasteiger charge is -2.57. The largest absolute Gasteiger partial charge is 0.356 e. The van der Waals surface area contributed by atoms with Crippen molar-refractivity contribution in [2.45, 2.75) is 44.1 Å². The molecule has 1 aromatic rings. The van der Waals surface area contributed by atoms with Crippen LogP contribution in [0.15, 0.2) is 29.4 Å². The van der Waals surface area contributed by atoms with Gasteiger partial charge in [-0.3, -0.25) is 5.43 Å². The molecule has 122 valence electrons. The van der Waals surface area contributed by atoms with Gasteiger partial charge in [-0.05, 0) is 109 Å². The number of halogens is 1. The number of benzene rings is 1. The van der Waals surface area contributed by atoms with Crippen LogP contribution in [0.3, 0.4) is 0 Å². The van der Waals surface area contributed by atoms with Crippen LogP contribution in [0.2, 0.25) is 0 Å². The molecule has 0 heterocycles. The molecule has 0 spiro atoms. The van der Waals surface area contributed by atoms with Crippen LogP contribution in [0.1, 0.15) is 44.1 Å². The average molecular weight is 439 g/mol. The smallest absolute Gasteiger partial charge is 0.187 e. The van der Waals surface area contributed by atoms with Crippen LogP contribution in [-0.2, 0) is 0 Å². The van der Waals surface area contributed by atoms with Crippen LogP contribution in [0.25, 0.3) is 0 Å². The van der Waals surface area contributed by atoms with Crippen molar-refractivity contribution in [2.24, 2.45) is 22.9 Å². The summed E-state index contributed by atoms with van der Waals surface area (Å²) in [6.07, 6.45) is 10.1. The number of hydrogen-bond donors (Lipinski definition) is 2. The highest BCUT2D eigenvalue weighted by molar-refractivity contribution is 14.1. The Bertz CT molecular complexity index is 590. The van der Waals surface area contributed by atoms with Gasteiger partial charge < -0.3 is 5.32 Å². The van der Waals surface area contributed by atoms with E-state index in [1.54, 1.807) is 0 Å². The predicted molar refractivity (Wildman–Crippen MR) is 107 cm³/mol. The first kappa shape index (κ1) is 15.8. The van der Waals surface area contributed by atoms with E-state index in [1.807, 2.05) is 6.21 Å². The number of rotatable bonds is 3. The summed E-state index contributed by atoms with van der Waals surface area (Å²) in [5.74, 6) is 2.77.